The zero-order valence-electron chi connectivity index (χ0n) is 9.84. The quantitative estimate of drug-likeness (QED) is 0.572. The molecule has 0 radical (unpaired) electrons. The molecule has 100 valence electrons. The van der Waals surface area contributed by atoms with E-state index >= 15 is 0 Å². The number of halogens is 3. The summed E-state index contributed by atoms with van der Waals surface area (Å²) in [5.74, 6) is -0.0555. The van der Waals surface area contributed by atoms with E-state index in [4.69, 9.17) is 0 Å². The third-order valence-electron chi connectivity index (χ3n) is 3.20. The summed E-state index contributed by atoms with van der Waals surface area (Å²) in [6.07, 6.45) is 2.11. The van der Waals surface area contributed by atoms with E-state index < -0.39 is 15.6 Å². The Kier molecular flexibility index (Phi) is 3.53. The van der Waals surface area contributed by atoms with Crippen molar-refractivity contribution < 1.29 is 25.8 Å². The minimum absolute atomic E-state index is 0.0607. The fraction of sp³-hybridized carbons (Fsp3) is 0.800. The highest BCUT2D eigenvalue weighted by Gasteiger charge is 2.49. The molecule has 7 heteroatoms. The molecule has 0 unspecified atom stereocenters. The largest absolute Gasteiger partial charge is 0.534 e. The molecule has 0 aliphatic heterocycles. The lowest BCUT2D eigenvalue weighted by Gasteiger charge is -2.35. The van der Waals surface area contributed by atoms with Gasteiger partial charge in [-0.2, -0.15) is 21.6 Å². The molecule has 0 N–H and O–H groups in total. The molecular weight excluding hydrogens is 257 g/mol. The lowest BCUT2D eigenvalue weighted by atomic mass is 9.72. The first-order valence-corrected chi connectivity index (χ1v) is 6.56. The number of alkyl halides is 3. The van der Waals surface area contributed by atoms with E-state index in [2.05, 4.69) is 4.18 Å². The van der Waals surface area contributed by atoms with Crippen molar-refractivity contribution in [3.63, 3.8) is 0 Å². The second kappa shape index (κ2) is 4.19. The summed E-state index contributed by atoms with van der Waals surface area (Å²) in [5.41, 5.74) is -5.43. The van der Waals surface area contributed by atoms with Crippen LogP contribution in [0, 0.1) is 11.3 Å². The van der Waals surface area contributed by atoms with Gasteiger partial charge in [0.2, 0.25) is 0 Å². The molecule has 0 saturated heterocycles. The number of hydrogen-bond donors (Lipinski definition) is 0. The first kappa shape index (κ1) is 14.3. The van der Waals surface area contributed by atoms with Crippen LogP contribution in [0.4, 0.5) is 13.2 Å². The Hall–Kier alpha value is -0.720. The topological polar surface area (TPSA) is 43.4 Å². The van der Waals surface area contributed by atoms with Gasteiger partial charge in [-0.3, -0.25) is 0 Å². The van der Waals surface area contributed by atoms with Crippen molar-refractivity contribution in [1.29, 1.82) is 0 Å². The highest BCUT2D eigenvalue weighted by atomic mass is 32.2. The summed E-state index contributed by atoms with van der Waals surface area (Å²) in [4.78, 5) is 0. The average Bonchev–Trinajstić information content (AvgIpc) is 2.09. The maximum absolute atomic E-state index is 12.1. The van der Waals surface area contributed by atoms with E-state index in [-0.39, 0.29) is 23.5 Å². The number of rotatable bonds is 2. The maximum Gasteiger partial charge on any atom is 0.534 e. The van der Waals surface area contributed by atoms with Gasteiger partial charge in [0, 0.05) is 6.42 Å². The maximum atomic E-state index is 12.1. The smallest absolute Gasteiger partial charge is 0.381 e. The minimum atomic E-state index is -5.53. The molecule has 3 nitrogen and oxygen atoms in total. The lowest BCUT2D eigenvalue weighted by Crippen LogP contribution is -2.29. The molecule has 0 amide bonds. The monoisotopic (exact) mass is 272 g/mol. The van der Waals surface area contributed by atoms with Crippen LogP contribution in [0.15, 0.2) is 11.8 Å². The molecule has 1 aliphatic carbocycles. The molecule has 0 bridgehead atoms. The van der Waals surface area contributed by atoms with Crippen molar-refractivity contribution in [3.8, 4) is 0 Å². The number of allylic oxidation sites excluding steroid dienone is 2. The highest BCUT2D eigenvalue weighted by Crippen LogP contribution is 2.41. The number of hydrogen-bond acceptors (Lipinski definition) is 3. The normalized spacial score (nSPS) is 25.3. The Morgan fingerprint density at radius 2 is 1.94 bits per heavy atom. The Morgan fingerprint density at radius 1 is 1.41 bits per heavy atom. The molecular formula is C10H15F3O3S. The Balaban J connectivity index is 2.84. The molecule has 1 aliphatic rings. The van der Waals surface area contributed by atoms with Crippen molar-refractivity contribution in [2.75, 3.05) is 0 Å². The Bertz CT molecular complexity index is 421. The van der Waals surface area contributed by atoms with Crippen LogP contribution in [0.2, 0.25) is 0 Å². The van der Waals surface area contributed by atoms with Gasteiger partial charge in [-0.25, -0.2) is 0 Å². The fourth-order valence-corrected chi connectivity index (χ4v) is 2.01. The van der Waals surface area contributed by atoms with Crippen LogP contribution in [0.25, 0.3) is 0 Å². The second-order valence-corrected chi connectivity index (χ2v) is 6.49. The summed E-state index contributed by atoms with van der Waals surface area (Å²) < 4.78 is 62.0. The molecule has 1 rings (SSSR count). The van der Waals surface area contributed by atoms with Crippen LogP contribution >= 0.6 is 0 Å². The second-order valence-electron chi connectivity index (χ2n) is 4.95. The van der Waals surface area contributed by atoms with Crippen molar-refractivity contribution in [2.24, 2.45) is 11.3 Å². The first-order valence-electron chi connectivity index (χ1n) is 5.15. The van der Waals surface area contributed by atoms with Gasteiger partial charge < -0.3 is 4.18 Å². The van der Waals surface area contributed by atoms with Gasteiger partial charge in [0.1, 0.15) is 5.76 Å². The molecule has 0 aromatic heterocycles. The Labute approximate surface area is 98.8 Å². The predicted octanol–water partition coefficient (Wildman–Crippen LogP) is 3.19. The highest BCUT2D eigenvalue weighted by molar-refractivity contribution is 7.87. The van der Waals surface area contributed by atoms with E-state index in [0.717, 1.165) is 0 Å². The molecule has 0 aromatic rings. The average molecular weight is 272 g/mol. The molecule has 0 saturated carbocycles. The van der Waals surface area contributed by atoms with Crippen LogP contribution in [0.1, 0.15) is 33.6 Å². The van der Waals surface area contributed by atoms with Crippen molar-refractivity contribution in [1.82, 2.24) is 0 Å². The van der Waals surface area contributed by atoms with Crippen molar-refractivity contribution in [3.05, 3.63) is 11.8 Å². The molecule has 0 aromatic carbocycles. The zero-order chi connectivity index (χ0) is 13.5. The van der Waals surface area contributed by atoms with E-state index in [1.807, 2.05) is 20.8 Å². The van der Waals surface area contributed by atoms with Crippen molar-refractivity contribution in [2.45, 2.75) is 39.1 Å². The third kappa shape index (κ3) is 3.14. The van der Waals surface area contributed by atoms with E-state index in [1.165, 1.54) is 6.08 Å². The van der Waals surface area contributed by atoms with E-state index in [9.17, 15) is 21.6 Å². The summed E-state index contributed by atoms with van der Waals surface area (Å²) in [6.45, 7) is 5.81. The van der Waals surface area contributed by atoms with Gasteiger partial charge in [-0.05, 0) is 23.8 Å². The summed E-state index contributed by atoms with van der Waals surface area (Å²) in [5, 5.41) is 0. The van der Waals surface area contributed by atoms with Crippen LogP contribution in [0.5, 0.6) is 0 Å². The molecule has 0 heterocycles. The molecule has 0 fully saturated rings. The molecule has 17 heavy (non-hydrogen) atoms. The minimum Gasteiger partial charge on any atom is -0.381 e. The SMILES string of the molecule is C[C@H]1CC(OS(=O)(=O)C(F)(F)F)=CCC1(C)C. The fourth-order valence-electron chi connectivity index (χ4n) is 1.50. The van der Waals surface area contributed by atoms with Gasteiger partial charge in [0.25, 0.3) is 0 Å². The predicted molar refractivity (Wildman–Crippen MR) is 56.3 cm³/mol. The molecule has 0 spiro atoms. The van der Waals surface area contributed by atoms with Gasteiger partial charge >= 0.3 is 15.6 Å². The summed E-state index contributed by atoms with van der Waals surface area (Å²) in [6, 6.07) is 0. The summed E-state index contributed by atoms with van der Waals surface area (Å²) >= 11 is 0. The molecule has 1 atom stereocenters. The van der Waals surface area contributed by atoms with Crippen LogP contribution in [-0.4, -0.2) is 13.9 Å². The van der Waals surface area contributed by atoms with E-state index in [0.29, 0.717) is 6.42 Å². The van der Waals surface area contributed by atoms with Gasteiger partial charge in [-0.1, -0.05) is 20.8 Å². The van der Waals surface area contributed by atoms with Crippen molar-refractivity contribution >= 4 is 10.1 Å². The van der Waals surface area contributed by atoms with E-state index in [1.54, 1.807) is 0 Å². The van der Waals surface area contributed by atoms with Gasteiger partial charge in [0.15, 0.2) is 0 Å². The zero-order valence-corrected chi connectivity index (χ0v) is 10.7. The van der Waals surface area contributed by atoms with Crippen LogP contribution in [-0.2, 0) is 14.3 Å². The third-order valence-corrected chi connectivity index (χ3v) is 4.20. The van der Waals surface area contributed by atoms with Crippen LogP contribution in [0.3, 0.4) is 0 Å². The standard InChI is InChI=1S/C10H15F3O3S/c1-7-6-8(4-5-9(7,2)3)16-17(14,15)10(11,12)13/h4,7H,5-6H2,1-3H3/t7-/m0/s1. The van der Waals surface area contributed by atoms with Gasteiger partial charge in [0.05, 0.1) is 0 Å². The Morgan fingerprint density at radius 3 is 2.35 bits per heavy atom. The van der Waals surface area contributed by atoms with Crippen LogP contribution < -0.4 is 0 Å². The summed E-state index contributed by atoms with van der Waals surface area (Å²) in [7, 11) is -5.53. The first-order chi connectivity index (χ1) is 7.46. The van der Waals surface area contributed by atoms with Gasteiger partial charge in [-0.15, -0.1) is 0 Å². The lowest BCUT2D eigenvalue weighted by molar-refractivity contribution is -0.0527.